The Labute approximate surface area is 136 Å². The van der Waals surface area contributed by atoms with Crippen LogP contribution in [0.25, 0.3) is 0 Å². The van der Waals surface area contributed by atoms with Gasteiger partial charge in [-0.3, -0.25) is 0 Å². The molecule has 2 fully saturated rings. The van der Waals surface area contributed by atoms with E-state index in [4.69, 9.17) is 11.6 Å². The Hall–Kier alpha value is -0.970. The quantitative estimate of drug-likeness (QED) is 0.829. The predicted molar refractivity (Wildman–Crippen MR) is 88.4 cm³/mol. The number of halogens is 2. The van der Waals surface area contributed by atoms with E-state index < -0.39 is 0 Å². The van der Waals surface area contributed by atoms with Gasteiger partial charge < -0.3 is 15.5 Å². The standard InChI is InChI=1S/C15H20ClN3O.ClH/c16-12-2-1-3-13(10-12)18-14(20)19-8-5-15(6-9-19)4-7-17-11-15;/h1-3,10,17H,4-9,11H2,(H,18,20);1H. The van der Waals surface area contributed by atoms with Crippen LogP contribution in [0.2, 0.25) is 5.02 Å². The van der Waals surface area contributed by atoms with Gasteiger partial charge in [0.05, 0.1) is 0 Å². The zero-order valence-electron chi connectivity index (χ0n) is 11.9. The molecule has 2 saturated heterocycles. The molecule has 2 amide bonds. The summed E-state index contributed by atoms with van der Waals surface area (Å²) in [6.45, 7) is 3.91. The first-order valence-corrected chi connectivity index (χ1v) is 7.57. The van der Waals surface area contributed by atoms with E-state index in [2.05, 4.69) is 10.6 Å². The second-order valence-corrected chi connectivity index (χ2v) is 6.29. The van der Waals surface area contributed by atoms with Gasteiger partial charge in [-0.05, 0) is 49.4 Å². The summed E-state index contributed by atoms with van der Waals surface area (Å²) in [4.78, 5) is 14.1. The second kappa shape index (κ2) is 6.86. The van der Waals surface area contributed by atoms with Crippen molar-refractivity contribution in [1.82, 2.24) is 10.2 Å². The minimum Gasteiger partial charge on any atom is -0.324 e. The van der Waals surface area contributed by atoms with Crippen molar-refractivity contribution in [2.24, 2.45) is 5.41 Å². The smallest absolute Gasteiger partial charge is 0.321 e. The van der Waals surface area contributed by atoms with Gasteiger partial charge in [0.25, 0.3) is 0 Å². The summed E-state index contributed by atoms with van der Waals surface area (Å²) in [6.07, 6.45) is 3.45. The molecule has 0 atom stereocenters. The molecule has 116 valence electrons. The van der Waals surface area contributed by atoms with Gasteiger partial charge in [-0.2, -0.15) is 0 Å². The Morgan fingerprint density at radius 2 is 2.05 bits per heavy atom. The Morgan fingerprint density at radius 3 is 2.67 bits per heavy atom. The average molecular weight is 330 g/mol. The van der Waals surface area contributed by atoms with Crippen LogP contribution < -0.4 is 10.6 Å². The molecule has 6 heteroatoms. The summed E-state index contributed by atoms with van der Waals surface area (Å²) >= 11 is 5.92. The number of carbonyl (C=O) groups is 1. The number of hydrogen-bond donors (Lipinski definition) is 2. The molecule has 0 bridgehead atoms. The van der Waals surface area contributed by atoms with Crippen molar-refractivity contribution in [3.8, 4) is 0 Å². The number of benzene rings is 1. The normalized spacial score (nSPS) is 20.1. The SMILES string of the molecule is Cl.O=C(Nc1cccc(Cl)c1)N1CCC2(CCNC2)CC1. The first-order chi connectivity index (χ1) is 9.67. The number of nitrogens with one attached hydrogen (secondary N) is 2. The molecule has 0 aliphatic carbocycles. The molecule has 2 heterocycles. The van der Waals surface area contributed by atoms with E-state index in [0.29, 0.717) is 10.4 Å². The minimum atomic E-state index is -0.0203. The lowest BCUT2D eigenvalue weighted by molar-refractivity contribution is 0.137. The summed E-state index contributed by atoms with van der Waals surface area (Å²) < 4.78 is 0. The number of hydrogen-bond acceptors (Lipinski definition) is 2. The molecule has 2 N–H and O–H groups in total. The topological polar surface area (TPSA) is 44.4 Å². The van der Waals surface area contributed by atoms with Crippen LogP contribution in [0.4, 0.5) is 10.5 Å². The Bertz CT molecular complexity index is 493. The van der Waals surface area contributed by atoms with Crippen LogP contribution in [0.15, 0.2) is 24.3 Å². The van der Waals surface area contributed by atoms with Crippen molar-refractivity contribution in [1.29, 1.82) is 0 Å². The number of carbonyl (C=O) groups excluding carboxylic acids is 1. The summed E-state index contributed by atoms with van der Waals surface area (Å²) in [5.74, 6) is 0. The maximum atomic E-state index is 12.2. The lowest BCUT2D eigenvalue weighted by Crippen LogP contribution is -2.45. The minimum absolute atomic E-state index is 0. The summed E-state index contributed by atoms with van der Waals surface area (Å²) in [5.41, 5.74) is 1.19. The lowest BCUT2D eigenvalue weighted by atomic mass is 9.78. The number of amides is 2. The molecule has 3 rings (SSSR count). The maximum absolute atomic E-state index is 12.2. The monoisotopic (exact) mass is 329 g/mol. The number of nitrogens with zero attached hydrogens (tertiary/aromatic N) is 1. The van der Waals surface area contributed by atoms with Crippen molar-refractivity contribution >= 4 is 35.7 Å². The number of anilines is 1. The van der Waals surface area contributed by atoms with Gasteiger partial charge in [-0.25, -0.2) is 4.79 Å². The van der Waals surface area contributed by atoms with E-state index in [1.807, 2.05) is 17.0 Å². The lowest BCUT2D eigenvalue weighted by Gasteiger charge is -2.38. The molecule has 1 aromatic carbocycles. The molecule has 2 aliphatic heterocycles. The Kier molecular flexibility index (Phi) is 5.36. The fourth-order valence-electron chi connectivity index (χ4n) is 3.18. The van der Waals surface area contributed by atoms with E-state index >= 15 is 0 Å². The Morgan fingerprint density at radius 1 is 1.29 bits per heavy atom. The third-order valence-electron chi connectivity index (χ3n) is 4.52. The van der Waals surface area contributed by atoms with Crippen LogP contribution in [0.5, 0.6) is 0 Å². The van der Waals surface area contributed by atoms with Crippen molar-refractivity contribution in [3.05, 3.63) is 29.3 Å². The Balaban J connectivity index is 0.00000161. The molecule has 1 spiro atoms. The average Bonchev–Trinajstić information content (AvgIpc) is 2.88. The highest BCUT2D eigenvalue weighted by molar-refractivity contribution is 6.30. The molecule has 0 saturated carbocycles. The van der Waals surface area contributed by atoms with Gasteiger partial charge in [-0.15, -0.1) is 12.4 Å². The van der Waals surface area contributed by atoms with Gasteiger partial charge in [0.15, 0.2) is 0 Å². The van der Waals surface area contributed by atoms with Crippen LogP contribution >= 0.6 is 24.0 Å². The van der Waals surface area contributed by atoms with Crippen LogP contribution in [-0.2, 0) is 0 Å². The van der Waals surface area contributed by atoms with Crippen molar-refractivity contribution in [2.45, 2.75) is 19.3 Å². The predicted octanol–water partition coefficient (Wildman–Crippen LogP) is 3.37. The summed E-state index contributed by atoms with van der Waals surface area (Å²) in [7, 11) is 0. The van der Waals surface area contributed by atoms with E-state index in [1.54, 1.807) is 12.1 Å². The maximum Gasteiger partial charge on any atom is 0.321 e. The molecular weight excluding hydrogens is 309 g/mol. The highest BCUT2D eigenvalue weighted by Gasteiger charge is 2.37. The molecule has 21 heavy (non-hydrogen) atoms. The molecule has 0 aromatic heterocycles. The highest BCUT2D eigenvalue weighted by Crippen LogP contribution is 2.36. The first-order valence-electron chi connectivity index (χ1n) is 7.19. The zero-order chi connectivity index (χ0) is 14.0. The number of urea groups is 1. The molecule has 0 unspecified atom stereocenters. The third kappa shape index (κ3) is 3.82. The fraction of sp³-hybridized carbons (Fsp3) is 0.533. The van der Waals surface area contributed by atoms with Crippen LogP contribution in [-0.4, -0.2) is 37.1 Å². The van der Waals surface area contributed by atoms with Crippen molar-refractivity contribution in [2.75, 3.05) is 31.5 Å². The van der Waals surface area contributed by atoms with Gasteiger partial charge >= 0.3 is 6.03 Å². The van der Waals surface area contributed by atoms with E-state index in [-0.39, 0.29) is 18.4 Å². The summed E-state index contributed by atoms with van der Waals surface area (Å²) in [6, 6.07) is 7.25. The van der Waals surface area contributed by atoms with Crippen LogP contribution in [0, 0.1) is 5.41 Å². The van der Waals surface area contributed by atoms with E-state index in [0.717, 1.165) is 44.7 Å². The van der Waals surface area contributed by atoms with Gasteiger partial charge in [0, 0.05) is 30.3 Å². The molecule has 1 aromatic rings. The highest BCUT2D eigenvalue weighted by atomic mass is 35.5. The number of piperidine rings is 1. The van der Waals surface area contributed by atoms with Gasteiger partial charge in [0.1, 0.15) is 0 Å². The molecule has 2 aliphatic rings. The fourth-order valence-corrected chi connectivity index (χ4v) is 3.37. The van der Waals surface area contributed by atoms with Gasteiger partial charge in [0.2, 0.25) is 0 Å². The van der Waals surface area contributed by atoms with Crippen LogP contribution in [0.1, 0.15) is 19.3 Å². The molecule has 4 nitrogen and oxygen atoms in total. The summed E-state index contributed by atoms with van der Waals surface area (Å²) in [5, 5.41) is 6.99. The third-order valence-corrected chi connectivity index (χ3v) is 4.75. The molecular formula is C15H21Cl2N3O. The van der Waals surface area contributed by atoms with Gasteiger partial charge in [-0.1, -0.05) is 17.7 Å². The van der Waals surface area contributed by atoms with E-state index in [9.17, 15) is 4.79 Å². The largest absolute Gasteiger partial charge is 0.324 e. The van der Waals surface area contributed by atoms with E-state index in [1.165, 1.54) is 6.42 Å². The molecule has 0 radical (unpaired) electrons. The number of rotatable bonds is 1. The first kappa shape index (κ1) is 16.4. The van der Waals surface area contributed by atoms with Crippen LogP contribution in [0.3, 0.4) is 0 Å². The van der Waals surface area contributed by atoms with Crippen molar-refractivity contribution < 1.29 is 4.79 Å². The number of likely N-dealkylation sites (tertiary alicyclic amines) is 1. The zero-order valence-corrected chi connectivity index (χ0v) is 13.5. The van der Waals surface area contributed by atoms with Crippen molar-refractivity contribution in [3.63, 3.8) is 0 Å². The second-order valence-electron chi connectivity index (χ2n) is 5.85.